The molecule has 0 bridgehead atoms. The molecule has 66 valence electrons. The van der Waals surface area contributed by atoms with Crippen LogP contribution in [-0.2, 0) is 6.54 Å². The average molecular weight is 165 g/mol. The normalized spacial score (nSPS) is 10.0. The van der Waals surface area contributed by atoms with Crippen LogP contribution in [0.5, 0.6) is 0 Å². The van der Waals surface area contributed by atoms with E-state index >= 15 is 0 Å². The predicted octanol–water partition coefficient (Wildman–Crippen LogP) is 0.915. The van der Waals surface area contributed by atoms with E-state index < -0.39 is 0 Å². The molecular formula is C9H15N3. The van der Waals surface area contributed by atoms with Gasteiger partial charge in [-0.1, -0.05) is 6.07 Å². The van der Waals surface area contributed by atoms with Crippen LogP contribution in [-0.4, -0.2) is 19.1 Å². The Morgan fingerprint density at radius 3 is 2.58 bits per heavy atom. The first-order valence-corrected chi connectivity index (χ1v) is 3.99. The second-order valence-corrected chi connectivity index (χ2v) is 3.03. The van der Waals surface area contributed by atoms with E-state index in [1.807, 2.05) is 38.1 Å². The van der Waals surface area contributed by atoms with Crippen molar-refractivity contribution in [3.05, 3.63) is 23.4 Å². The molecule has 0 aromatic carbocycles. The fourth-order valence-electron chi connectivity index (χ4n) is 1.12. The van der Waals surface area contributed by atoms with Gasteiger partial charge in [0.25, 0.3) is 0 Å². The van der Waals surface area contributed by atoms with Crippen LogP contribution < -0.4 is 10.6 Å². The monoisotopic (exact) mass is 165 g/mol. The van der Waals surface area contributed by atoms with Crippen LogP contribution in [0, 0.1) is 6.92 Å². The Kier molecular flexibility index (Phi) is 2.65. The summed E-state index contributed by atoms with van der Waals surface area (Å²) < 4.78 is 0. The van der Waals surface area contributed by atoms with Crippen LogP contribution in [0.4, 0.5) is 5.82 Å². The number of nitrogens with zero attached hydrogens (tertiary/aromatic N) is 2. The molecule has 0 unspecified atom stereocenters. The highest BCUT2D eigenvalue weighted by molar-refractivity contribution is 5.46. The van der Waals surface area contributed by atoms with E-state index in [-0.39, 0.29) is 0 Å². The van der Waals surface area contributed by atoms with Gasteiger partial charge in [0.2, 0.25) is 0 Å². The molecule has 1 heterocycles. The minimum absolute atomic E-state index is 0.542. The van der Waals surface area contributed by atoms with Crippen molar-refractivity contribution in [2.45, 2.75) is 13.5 Å². The average Bonchev–Trinajstić information content (AvgIpc) is 2.04. The van der Waals surface area contributed by atoms with Gasteiger partial charge in [-0.15, -0.1) is 0 Å². The van der Waals surface area contributed by atoms with Crippen molar-refractivity contribution >= 4 is 5.82 Å². The van der Waals surface area contributed by atoms with Gasteiger partial charge in [0, 0.05) is 31.9 Å². The number of anilines is 1. The lowest BCUT2D eigenvalue weighted by atomic mass is 10.2. The summed E-state index contributed by atoms with van der Waals surface area (Å²) in [4.78, 5) is 6.37. The quantitative estimate of drug-likeness (QED) is 0.708. The highest BCUT2D eigenvalue weighted by Crippen LogP contribution is 2.14. The molecule has 0 amide bonds. The minimum Gasteiger partial charge on any atom is -0.362 e. The minimum atomic E-state index is 0.542. The summed E-state index contributed by atoms with van der Waals surface area (Å²) in [5.74, 6) is 0.970. The highest BCUT2D eigenvalue weighted by Gasteiger charge is 2.03. The maximum absolute atomic E-state index is 5.57. The van der Waals surface area contributed by atoms with Gasteiger partial charge < -0.3 is 10.6 Å². The maximum atomic E-state index is 5.57. The lowest BCUT2D eigenvalue weighted by molar-refractivity contribution is 0.972. The summed E-state index contributed by atoms with van der Waals surface area (Å²) >= 11 is 0. The van der Waals surface area contributed by atoms with E-state index in [1.54, 1.807) is 0 Å². The third-order valence-electron chi connectivity index (χ3n) is 1.74. The predicted molar refractivity (Wildman–Crippen MR) is 51.2 cm³/mol. The third-order valence-corrected chi connectivity index (χ3v) is 1.74. The molecule has 0 spiro atoms. The van der Waals surface area contributed by atoms with E-state index in [0.717, 1.165) is 17.1 Å². The first-order valence-electron chi connectivity index (χ1n) is 3.99. The lowest BCUT2D eigenvalue weighted by Crippen LogP contribution is -2.15. The molecule has 0 saturated heterocycles. The van der Waals surface area contributed by atoms with Crippen LogP contribution in [0.3, 0.4) is 0 Å². The van der Waals surface area contributed by atoms with Crippen molar-refractivity contribution in [3.8, 4) is 0 Å². The van der Waals surface area contributed by atoms with Crippen LogP contribution in [0.2, 0.25) is 0 Å². The maximum Gasteiger partial charge on any atom is 0.132 e. The van der Waals surface area contributed by atoms with Gasteiger partial charge in [0.1, 0.15) is 5.82 Å². The van der Waals surface area contributed by atoms with Gasteiger partial charge in [-0.05, 0) is 13.0 Å². The molecule has 0 aliphatic rings. The molecule has 0 aliphatic heterocycles. The smallest absolute Gasteiger partial charge is 0.132 e. The Bertz CT molecular complexity index is 268. The Morgan fingerprint density at radius 1 is 1.42 bits per heavy atom. The molecule has 3 nitrogen and oxygen atoms in total. The van der Waals surface area contributed by atoms with Gasteiger partial charge in [-0.3, -0.25) is 0 Å². The van der Waals surface area contributed by atoms with Gasteiger partial charge in [0.15, 0.2) is 0 Å². The van der Waals surface area contributed by atoms with E-state index in [2.05, 4.69) is 4.98 Å². The summed E-state index contributed by atoms with van der Waals surface area (Å²) in [6.07, 6.45) is 0. The standard InChI is InChI=1S/C9H15N3/c1-7-4-5-8(6-10)9(11-7)12(2)3/h4-5H,6,10H2,1-3H3. The van der Waals surface area contributed by atoms with Gasteiger partial charge >= 0.3 is 0 Å². The van der Waals surface area contributed by atoms with Gasteiger partial charge in [-0.25, -0.2) is 4.98 Å². The van der Waals surface area contributed by atoms with Crippen molar-refractivity contribution in [1.82, 2.24) is 4.98 Å². The number of aromatic nitrogens is 1. The number of hydrogen-bond donors (Lipinski definition) is 1. The van der Waals surface area contributed by atoms with Crippen molar-refractivity contribution in [2.24, 2.45) is 5.73 Å². The molecular weight excluding hydrogens is 150 g/mol. The van der Waals surface area contributed by atoms with Crippen LogP contribution in [0.15, 0.2) is 12.1 Å². The lowest BCUT2D eigenvalue weighted by Gasteiger charge is -2.15. The number of rotatable bonds is 2. The summed E-state index contributed by atoms with van der Waals surface area (Å²) in [5, 5.41) is 0. The number of aryl methyl sites for hydroxylation is 1. The van der Waals surface area contributed by atoms with E-state index in [1.165, 1.54) is 0 Å². The largest absolute Gasteiger partial charge is 0.362 e. The van der Waals surface area contributed by atoms with E-state index in [4.69, 9.17) is 5.73 Å². The first-order chi connectivity index (χ1) is 5.65. The molecule has 1 aromatic heterocycles. The Hall–Kier alpha value is -1.09. The number of hydrogen-bond acceptors (Lipinski definition) is 3. The zero-order chi connectivity index (χ0) is 9.14. The zero-order valence-electron chi connectivity index (χ0n) is 7.83. The molecule has 0 fully saturated rings. The van der Waals surface area contributed by atoms with Crippen LogP contribution in [0.25, 0.3) is 0 Å². The van der Waals surface area contributed by atoms with E-state index in [0.29, 0.717) is 6.54 Å². The van der Waals surface area contributed by atoms with Gasteiger partial charge in [0.05, 0.1) is 0 Å². The molecule has 12 heavy (non-hydrogen) atoms. The first kappa shape index (κ1) is 9.00. The molecule has 0 atom stereocenters. The molecule has 1 aromatic rings. The second-order valence-electron chi connectivity index (χ2n) is 3.03. The Balaban J connectivity index is 3.12. The molecule has 2 N–H and O–H groups in total. The summed E-state index contributed by atoms with van der Waals surface area (Å²) in [5.41, 5.74) is 7.68. The fourth-order valence-corrected chi connectivity index (χ4v) is 1.12. The van der Waals surface area contributed by atoms with Crippen molar-refractivity contribution in [1.29, 1.82) is 0 Å². The van der Waals surface area contributed by atoms with Crippen LogP contribution in [0.1, 0.15) is 11.3 Å². The Labute approximate surface area is 73.2 Å². The van der Waals surface area contributed by atoms with Crippen LogP contribution >= 0.6 is 0 Å². The fraction of sp³-hybridized carbons (Fsp3) is 0.444. The molecule has 0 aliphatic carbocycles. The summed E-state index contributed by atoms with van der Waals surface area (Å²) in [6, 6.07) is 4.01. The SMILES string of the molecule is Cc1ccc(CN)c(N(C)C)n1. The summed E-state index contributed by atoms with van der Waals surface area (Å²) in [6.45, 7) is 2.52. The molecule has 3 heteroatoms. The number of pyridine rings is 1. The topological polar surface area (TPSA) is 42.1 Å². The van der Waals surface area contributed by atoms with Crippen molar-refractivity contribution in [3.63, 3.8) is 0 Å². The molecule has 0 saturated carbocycles. The van der Waals surface area contributed by atoms with Crippen molar-refractivity contribution < 1.29 is 0 Å². The highest BCUT2D eigenvalue weighted by atomic mass is 15.1. The molecule has 1 rings (SSSR count). The molecule has 0 radical (unpaired) electrons. The van der Waals surface area contributed by atoms with Gasteiger partial charge in [-0.2, -0.15) is 0 Å². The number of nitrogens with two attached hydrogens (primary N) is 1. The zero-order valence-corrected chi connectivity index (χ0v) is 7.83. The van der Waals surface area contributed by atoms with Crippen molar-refractivity contribution in [2.75, 3.05) is 19.0 Å². The van der Waals surface area contributed by atoms with E-state index in [9.17, 15) is 0 Å². The second kappa shape index (κ2) is 3.54. The third kappa shape index (κ3) is 1.74. The Morgan fingerprint density at radius 2 is 2.08 bits per heavy atom. The summed E-state index contributed by atoms with van der Waals surface area (Å²) in [7, 11) is 3.95.